The van der Waals surface area contributed by atoms with E-state index in [1.54, 1.807) is 36.4 Å². The van der Waals surface area contributed by atoms with E-state index in [1.165, 1.54) is 12.1 Å². The molecule has 1 aromatic heterocycles. The average molecular weight is 696 g/mol. The smallest absolute Gasteiger partial charge is 0.264 e. The van der Waals surface area contributed by atoms with Gasteiger partial charge in [-0.2, -0.15) is 0 Å². The van der Waals surface area contributed by atoms with E-state index in [1.807, 2.05) is 6.07 Å². The van der Waals surface area contributed by atoms with Gasteiger partial charge in [0.05, 0.1) is 23.4 Å². The Morgan fingerprint density at radius 2 is 1.59 bits per heavy atom. The minimum atomic E-state index is -1.09. The van der Waals surface area contributed by atoms with Crippen molar-refractivity contribution in [3.8, 4) is 28.6 Å². The highest BCUT2D eigenvalue weighted by atomic mass is 16.5. The summed E-state index contributed by atoms with van der Waals surface area (Å²) in [4.78, 5) is 76.6. The van der Waals surface area contributed by atoms with Crippen LogP contribution in [0, 0.1) is 0 Å². The number of phenolic OH excluding ortho intramolecular Hbond substituents is 2. The molecule has 2 aliphatic rings. The first-order chi connectivity index (χ1) is 24.6. The standard InChI is InChI=1S/C38H37N3O10/c42-26-20-28(44)34(35-33(26)27(43)21-29(51-35)22-12-7-6-8-13-22)50-19-10-5-3-1-2-4-9-16-30(45)39-24-15-11-14-23-32(24)38(49)41(37(23)48)25-17-18-31(46)40-36(25)47/h6-8,11-15,20-21,25,42,44H,1-5,9-10,16-19H2,(H,39,45)(H,40,46,47). The van der Waals surface area contributed by atoms with E-state index in [0.717, 1.165) is 43.1 Å². The third kappa shape index (κ3) is 7.47. The fourth-order valence-corrected chi connectivity index (χ4v) is 6.44. The lowest BCUT2D eigenvalue weighted by molar-refractivity contribution is -0.136. The molecule has 4 aromatic rings. The van der Waals surface area contributed by atoms with Crippen molar-refractivity contribution in [2.75, 3.05) is 11.9 Å². The van der Waals surface area contributed by atoms with Crippen molar-refractivity contribution in [2.45, 2.75) is 70.3 Å². The molecule has 13 nitrogen and oxygen atoms in total. The molecule has 1 atom stereocenters. The highest BCUT2D eigenvalue weighted by Gasteiger charge is 2.45. The van der Waals surface area contributed by atoms with Gasteiger partial charge in [0.2, 0.25) is 23.5 Å². The fraction of sp³-hybridized carbons (Fsp3) is 0.316. The Kier molecular flexibility index (Phi) is 10.4. The number of ether oxygens (including phenoxy) is 1. The molecule has 1 saturated heterocycles. The zero-order valence-corrected chi connectivity index (χ0v) is 27.7. The molecule has 0 spiro atoms. The first-order valence-corrected chi connectivity index (χ1v) is 17.0. The molecule has 0 saturated carbocycles. The van der Waals surface area contributed by atoms with E-state index in [9.17, 15) is 39.0 Å². The van der Waals surface area contributed by atoms with Crippen molar-refractivity contribution >= 4 is 46.2 Å². The van der Waals surface area contributed by atoms with Crippen LogP contribution in [0.25, 0.3) is 22.3 Å². The Labute approximate surface area is 292 Å². The molecule has 2 aliphatic heterocycles. The minimum Gasteiger partial charge on any atom is -0.507 e. The molecule has 51 heavy (non-hydrogen) atoms. The molecule has 3 aromatic carbocycles. The largest absolute Gasteiger partial charge is 0.507 e. The number of hydrogen-bond acceptors (Lipinski definition) is 10. The number of amides is 5. The van der Waals surface area contributed by atoms with E-state index in [4.69, 9.17) is 9.15 Å². The highest BCUT2D eigenvalue weighted by Crippen LogP contribution is 2.40. The molecule has 0 aliphatic carbocycles. The molecular weight excluding hydrogens is 658 g/mol. The zero-order chi connectivity index (χ0) is 36.1. The van der Waals surface area contributed by atoms with Crippen LogP contribution in [0.5, 0.6) is 17.2 Å². The van der Waals surface area contributed by atoms with Gasteiger partial charge in [-0.15, -0.1) is 0 Å². The second kappa shape index (κ2) is 15.3. The normalized spacial score (nSPS) is 15.6. The summed E-state index contributed by atoms with van der Waals surface area (Å²) in [6.07, 6.45) is 6.01. The monoisotopic (exact) mass is 695 g/mol. The molecule has 1 unspecified atom stereocenters. The Hall–Kier alpha value is -5.98. The molecule has 6 rings (SSSR count). The minimum absolute atomic E-state index is 0.000906. The summed E-state index contributed by atoms with van der Waals surface area (Å²) in [5.41, 5.74) is 0.543. The van der Waals surface area contributed by atoms with Crippen LogP contribution in [0.4, 0.5) is 5.69 Å². The number of hydrogen-bond donors (Lipinski definition) is 4. The number of unbranched alkanes of at least 4 members (excludes halogenated alkanes) is 6. The number of phenols is 2. The number of imide groups is 2. The number of nitrogens with zero attached hydrogens (tertiary/aromatic N) is 1. The van der Waals surface area contributed by atoms with Crippen molar-refractivity contribution in [2.24, 2.45) is 0 Å². The summed E-state index contributed by atoms with van der Waals surface area (Å²) in [6.45, 7) is 0.259. The molecule has 1 fully saturated rings. The van der Waals surface area contributed by atoms with E-state index in [0.29, 0.717) is 18.4 Å². The van der Waals surface area contributed by atoms with Gasteiger partial charge in [-0.05, 0) is 31.4 Å². The van der Waals surface area contributed by atoms with Gasteiger partial charge in [-0.3, -0.25) is 39.0 Å². The SMILES string of the molecule is O=C1CCC(N2C(=O)c3cccc(NC(=O)CCCCCCCCCOc4c(O)cc(O)c5c(=O)cc(-c6ccccc6)oc45)c3C2=O)C(=O)N1. The summed E-state index contributed by atoms with van der Waals surface area (Å²) >= 11 is 0. The van der Waals surface area contributed by atoms with Crippen LogP contribution in [0.3, 0.4) is 0 Å². The van der Waals surface area contributed by atoms with Crippen LogP contribution in [0.1, 0.15) is 84.9 Å². The zero-order valence-electron chi connectivity index (χ0n) is 27.7. The maximum atomic E-state index is 13.2. The van der Waals surface area contributed by atoms with Gasteiger partial charge in [0.1, 0.15) is 22.9 Å². The number of aromatic hydroxyl groups is 2. The van der Waals surface area contributed by atoms with Crippen LogP contribution in [0.15, 0.2) is 69.9 Å². The van der Waals surface area contributed by atoms with Crippen LogP contribution >= 0.6 is 0 Å². The molecule has 13 heteroatoms. The van der Waals surface area contributed by atoms with Gasteiger partial charge >= 0.3 is 0 Å². The first kappa shape index (κ1) is 34.9. The number of anilines is 1. The molecule has 5 amide bonds. The molecule has 0 radical (unpaired) electrons. The number of piperidine rings is 1. The Morgan fingerprint density at radius 1 is 0.863 bits per heavy atom. The van der Waals surface area contributed by atoms with Crippen LogP contribution < -0.4 is 20.8 Å². The lowest BCUT2D eigenvalue weighted by Crippen LogP contribution is -2.54. The predicted molar refractivity (Wildman–Crippen MR) is 185 cm³/mol. The predicted octanol–water partition coefficient (Wildman–Crippen LogP) is 5.41. The van der Waals surface area contributed by atoms with Gasteiger partial charge in [0, 0.05) is 30.5 Å². The van der Waals surface area contributed by atoms with Gasteiger partial charge in [-0.25, -0.2) is 0 Å². The quantitative estimate of drug-likeness (QED) is 0.0979. The third-order valence-corrected chi connectivity index (χ3v) is 9.01. The third-order valence-electron chi connectivity index (χ3n) is 9.01. The molecule has 4 N–H and O–H groups in total. The van der Waals surface area contributed by atoms with Crippen molar-refractivity contribution in [3.05, 3.63) is 82.0 Å². The number of nitrogens with one attached hydrogen (secondary N) is 2. The number of benzene rings is 3. The van der Waals surface area contributed by atoms with Gasteiger partial charge in [0.15, 0.2) is 16.8 Å². The summed E-state index contributed by atoms with van der Waals surface area (Å²) in [5, 5.41) is 25.7. The maximum Gasteiger partial charge on any atom is 0.264 e. The molecule has 0 bridgehead atoms. The van der Waals surface area contributed by atoms with Crippen molar-refractivity contribution in [1.29, 1.82) is 0 Å². The summed E-state index contributed by atoms with van der Waals surface area (Å²) < 4.78 is 11.8. The number of fused-ring (bicyclic) bond motifs is 2. The van der Waals surface area contributed by atoms with E-state index < -0.39 is 40.8 Å². The number of carbonyl (C=O) groups excluding carboxylic acids is 5. The summed E-state index contributed by atoms with van der Waals surface area (Å²) in [6, 6.07) is 14.9. The summed E-state index contributed by atoms with van der Waals surface area (Å²) in [5.74, 6) is -3.20. The second-order valence-electron chi connectivity index (χ2n) is 12.6. The highest BCUT2D eigenvalue weighted by molar-refractivity contribution is 6.26. The van der Waals surface area contributed by atoms with E-state index in [2.05, 4.69) is 10.6 Å². The molecular formula is C38H37N3O10. The van der Waals surface area contributed by atoms with E-state index in [-0.39, 0.29) is 76.8 Å². The van der Waals surface area contributed by atoms with Crippen LogP contribution in [-0.4, -0.2) is 57.3 Å². The topological polar surface area (TPSA) is 193 Å². The summed E-state index contributed by atoms with van der Waals surface area (Å²) in [7, 11) is 0. The van der Waals surface area contributed by atoms with Crippen molar-refractivity contribution in [1.82, 2.24) is 10.2 Å². The van der Waals surface area contributed by atoms with Crippen LogP contribution in [0.2, 0.25) is 0 Å². The Bertz CT molecular complexity index is 2070. The first-order valence-electron chi connectivity index (χ1n) is 17.0. The molecule has 3 heterocycles. The van der Waals surface area contributed by atoms with Crippen molar-refractivity contribution in [3.63, 3.8) is 0 Å². The van der Waals surface area contributed by atoms with Gasteiger partial charge < -0.3 is 24.7 Å². The lowest BCUT2D eigenvalue weighted by Gasteiger charge is -2.27. The Morgan fingerprint density at radius 3 is 2.33 bits per heavy atom. The lowest BCUT2D eigenvalue weighted by atomic mass is 10.0. The number of rotatable bonds is 14. The maximum absolute atomic E-state index is 13.2. The Balaban J connectivity index is 0.924. The second-order valence-corrected chi connectivity index (χ2v) is 12.6. The van der Waals surface area contributed by atoms with Crippen molar-refractivity contribution < 1.29 is 43.3 Å². The fourth-order valence-electron chi connectivity index (χ4n) is 6.44. The average Bonchev–Trinajstić information content (AvgIpc) is 3.36. The van der Waals surface area contributed by atoms with E-state index >= 15 is 0 Å². The van der Waals surface area contributed by atoms with Gasteiger partial charge in [0.25, 0.3) is 11.8 Å². The van der Waals surface area contributed by atoms with Gasteiger partial charge in [-0.1, -0.05) is 68.5 Å². The number of carbonyl (C=O) groups is 5. The van der Waals surface area contributed by atoms with Crippen LogP contribution in [-0.2, 0) is 14.4 Å². The molecule has 264 valence electrons.